The molecule has 0 amide bonds. The van der Waals surface area contributed by atoms with Gasteiger partial charge in [-0.3, -0.25) is 5.10 Å². The van der Waals surface area contributed by atoms with Gasteiger partial charge in [-0.15, -0.1) is 0 Å². The van der Waals surface area contributed by atoms with Crippen molar-refractivity contribution >= 4 is 10.0 Å². The van der Waals surface area contributed by atoms with E-state index in [1.165, 1.54) is 4.31 Å². The third kappa shape index (κ3) is 3.59. The van der Waals surface area contributed by atoms with Gasteiger partial charge in [-0.05, 0) is 26.8 Å². The Morgan fingerprint density at radius 3 is 2.60 bits per heavy atom. The summed E-state index contributed by atoms with van der Waals surface area (Å²) >= 11 is 0. The summed E-state index contributed by atoms with van der Waals surface area (Å²) in [6.45, 7) is 9.08. The summed E-state index contributed by atoms with van der Waals surface area (Å²) in [6, 6.07) is -0.0333. The number of aromatic amines is 1. The van der Waals surface area contributed by atoms with Crippen LogP contribution >= 0.6 is 0 Å². The summed E-state index contributed by atoms with van der Waals surface area (Å²) in [6.07, 6.45) is 1.78. The van der Waals surface area contributed by atoms with Crippen molar-refractivity contribution in [3.05, 3.63) is 11.3 Å². The third-order valence-electron chi connectivity index (χ3n) is 3.54. The van der Waals surface area contributed by atoms with Gasteiger partial charge in [-0.25, -0.2) is 8.42 Å². The van der Waals surface area contributed by atoms with Crippen LogP contribution < -0.4 is 5.32 Å². The fraction of sp³-hybridized carbons (Fsp3) is 0.769. The van der Waals surface area contributed by atoms with E-state index < -0.39 is 10.0 Å². The maximum absolute atomic E-state index is 12.7. The monoisotopic (exact) mass is 302 g/mol. The number of nitrogens with one attached hydrogen (secondary N) is 2. The zero-order valence-electron chi connectivity index (χ0n) is 13.0. The number of aromatic nitrogens is 2. The fourth-order valence-electron chi connectivity index (χ4n) is 2.07. The van der Waals surface area contributed by atoms with E-state index in [-0.39, 0.29) is 11.1 Å². The van der Waals surface area contributed by atoms with Gasteiger partial charge in [-0.2, -0.15) is 9.40 Å². The number of hydrogen-bond donors (Lipinski definition) is 2. The quantitative estimate of drug-likeness (QED) is 0.765. The van der Waals surface area contributed by atoms with Crippen molar-refractivity contribution < 1.29 is 8.42 Å². The van der Waals surface area contributed by atoms with Crippen LogP contribution in [0.2, 0.25) is 0 Å². The lowest BCUT2D eigenvalue weighted by Gasteiger charge is -2.23. The van der Waals surface area contributed by atoms with Crippen molar-refractivity contribution in [3.8, 4) is 0 Å². The molecule has 1 atom stereocenters. The molecule has 0 saturated carbocycles. The highest BCUT2D eigenvalue weighted by Gasteiger charge is 2.30. The normalized spacial score (nSPS) is 13.9. The number of nitrogens with zero attached hydrogens (tertiary/aromatic N) is 2. The van der Waals surface area contributed by atoms with Crippen molar-refractivity contribution in [3.63, 3.8) is 0 Å². The molecule has 0 bridgehead atoms. The molecule has 1 heterocycles. The first-order valence-corrected chi connectivity index (χ1v) is 8.52. The molecular weight excluding hydrogens is 276 g/mol. The Hall–Kier alpha value is -0.920. The summed E-state index contributed by atoms with van der Waals surface area (Å²) in [5.41, 5.74) is 1.52. The van der Waals surface area contributed by atoms with E-state index in [1.54, 1.807) is 7.05 Å². The number of aryl methyl sites for hydroxylation is 1. The van der Waals surface area contributed by atoms with E-state index in [4.69, 9.17) is 0 Å². The zero-order valence-corrected chi connectivity index (χ0v) is 13.8. The smallest absolute Gasteiger partial charge is 0.262 e. The number of rotatable bonds is 8. The van der Waals surface area contributed by atoms with Crippen LogP contribution in [-0.4, -0.2) is 42.6 Å². The van der Waals surface area contributed by atoms with Crippen molar-refractivity contribution in [2.45, 2.75) is 58.1 Å². The number of hydrogen-bond acceptors (Lipinski definition) is 4. The molecule has 2 N–H and O–H groups in total. The SMILES string of the molecule is CCCC(C)N(C)S(=O)(=O)c1n[nH]c(C)c1CNCC. The summed E-state index contributed by atoms with van der Waals surface area (Å²) < 4.78 is 26.7. The molecule has 0 aromatic carbocycles. The predicted molar refractivity (Wildman–Crippen MR) is 80.0 cm³/mol. The summed E-state index contributed by atoms with van der Waals surface area (Å²) in [7, 11) is -1.93. The van der Waals surface area contributed by atoms with Crippen molar-refractivity contribution in [2.75, 3.05) is 13.6 Å². The average Bonchev–Trinajstić information content (AvgIpc) is 2.77. The van der Waals surface area contributed by atoms with E-state index in [2.05, 4.69) is 15.5 Å². The largest absolute Gasteiger partial charge is 0.313 e. The topological polar surface area (TPSA) is 78.1 Å². The molecule has 0 spiro atoms. The molecular formula is C13H26N4O2S. The van der Waals surface area contributed by atoms with E-state index in [0.29, 0.717) is 6.54 Å². The van der Waals surface area contributed by atoms with Gasteiger partial charge in [0.2, 0.25) is 0 Å². The molecule has 0 aliphatic carbocycles. The maximum Gasteiger partial charge on any atom is 0.262 e. The molecule has 0 saturated heterocycles. The fourth-order valence-corrected chi connectivity index (χ4v) is 3.62. The first kappa shape index (κ1) is 17.1. The van der Waals surface area contributed by atoms with Gasteiger partial charge in [0.15, 0.2) is 5.03 Å². The van der Waals surface area contributed by atoms with Crippen LogP contribution in [0.25, 0.3) is 0 Å². The Morgan fingerprint density at radius 2 is 2.05 bits per heavy atom. The van der Waals surface area contributed by atoms with Gasteiger partial charge in [-0.1, -0.05) is 20.3 Å². The Labute approximate surface area is 122 Å². The second-order valence-electron chi connectivity index (χ2n) is 5.07. The van der Waals surface area contributed by atoms with E-state index in [1.807, 2.05) is 27.7 Å². The van der Waals surface area contributed by atoms with E-state index in [0.717, 1.165) is 30.6 Å². The van der Waals surface area contributed by atoms with Gasteiger partial charge < -0.3 is 5.32 Å². The Morgan fingerprint density at radius 1 is 1.40 bits per heavy atom. The standard InChI is InChI=1S/C13H26N4O2S/c1-6-8-10(3)17(5)20(18,19)13-12(9-14-7-2)11(4)15-16-13/h10,14H,6-9H2,1-5H3,(H,15,16). The van der Waals surface area contributed by atoms with Crippen LogP contribution in [-0.2, 0) is 16.6 Å². The van der Waals surface area contributed by atoms with Crippen molar-refractivity contribution in [2.24, 2.45) is 0 Å². The maximum atomic E-state index is 12.7. The zero-order chi connectivity index (χ0) is 15.3. The van der Waals surface area contributed by atoms with E-state index >= 15 is 0 Å². The first-order valence-electron chi connectivity index (χ1n) is 7.08. The molecule has 0 radical (unpaired) electrons. The predicted octanol–water partition coefficient (Wildman–Crippen LogP) is 1.64. The molecule has 1 aromatic heterocycles. The lowest BCUT2D eigenvalue weighted by atomic mass is 10.2. The molecule has 6 nitrogen and oxygen atoms in total. The molecule has 0 aliphatic heterocycles. The van der Waals surface area contributed by atoms with Gasteiger partial charge in [0.05, 0.1) is 0 Å². The summed E-state index contributed by atoms with van der Waals surface area (Å²) in [4.78, 5) is 0. The van der Waals surface area contributed by atoms with Crippen LogP contribution in [0.5, 0.6) is 0 Å². The van der Waals surface area contributed by atoms with Gasteiger partial charge in [0.25, 0.3) is 10.0 Å². The van der Waals surface area contributed by atoms with Crippen molar-refractivity contribution in [1.82, 2.24) is 19.8 Å². The highest BCUT2D eigenvalue weighted by Crippen LogP contribution is 2.22. The molecule has 1 aromatic rings. The van der Waals surface area contributed by atoms with Crippen molar-refractivity contribution in [1.29, 1.82) is 0 Å². The first-order chi connectivity index (χ1) is 9.36. The molecule has 116 valence electrons. The van der Waals surface area contributed by atoms with Crippen LogP contribution in [0.3, 0.4) is 0 Å². The number of sulfonamides is 1. The molecule has 1 rings (SSSR count). The van der Waals surface area contributed by atoms with Crippen LogP contribution in [0, 0.1) is 6.92 Å². The minimum Gasteiger partial charge on any atom is -0.313 e. The number of H-pyrrole nitrogens is 1. The van der Waals surface area contributed by atoms with E-state index in [9.17, 15) is 8.42 Å². The van der Waals surface area contributed by atoms with Gasteiger partial charge in [0, 0.05) is 30.9 Å². The Kier molecular flexibility index (Phi) is 6.16. The minimum absolute atomic E-state index is 0.0333. The second-order valence-corrected chi connectivity index (χ2v) is 6.98. The highest BCUT2D eigenvalue weighted by atomic mass is 32.2. The van der Waals surface area contributed by atoms with Gasteiger partial charge in [0.1, 0.15) is 0 Å². The van der Waals surface area contributed by atoms with Crippen LogP contribution in [0.15, 0.2) is 5.03 Å². The lowest BCUT2D eigenvalue weighted by molar-refractivity contribution is 0.367. The second kappa shape index (κ2) is 7.19. The molecule has 0 aliphatic rings. The lowest BCUT2D eigenvalue weighted by Crippen LogP contribution is -2.36. The molecule has 1 unspecified atom stereocenters. The van der Waals surface area contributed by atoms with Crippen LogP contribution in [0.4, 0.5) is 0 Å². The molecule has 7 heteroatoms. The summed E-state index contributed by atoms with van der Waals surface area (Å²) in [5, 5.41) is 10.1. The van der Waals surface area contributed by atoms with Crippen LogP contribution in [0.1, 0.15) is 44.9 Å². The Bertz CT molecular complexity index is 524. The molecule has 20 heavy (non-hydrogen) atoms. The third-order valence-corrected chi connectivity index (χ3v) is 5.48. The minimum atomic E-state index is -3.55. The molecule has 0 fully saturated rings. The van der Waals surface area contributed by atoms with Gasteiger partial charge >= 0.3 is 0 Å². The summed E-state index contributed by atoms with van der Waals surface area (Å²) in [5.74, 6) is 0. The highest BCUT2D eigenvalue weighted by molar-refractivity contribution is 7.89. The Balaban J connectivity index is 3.09. The average molecular weight is 302 g/mol.